The van der Waals surface area contributed by atoms with Gasteiger partial charge in [-0.3, -0.25) is 14.4 Å². The lowest BCUT2D eigenvalue weighted by molar-refractivity contribution is -0.141. The SMILES string of the molecule is CC(C)CC(N)C(=O)NC(C(=O)NC(Cc1c[nH]c2ccccc12)C(=O)NC(CS)C(=O)O)C(C)C. The van der Waals surface area contributed by atoms with Crippen LogP contribution in [-0.4, -0.2) is 63.7 Å². The third-order valence-electron chi connectivity index (χ3n) is 5.84. The lowest BCUT2D eigenvalue weighted by Crippen LogP contribution is -2.59. The van der Waals surface area contributed by atoms with Crippen LogP contribution in [0, 0.1) is 11.8 Å². The summed E-state index contributed by atoms with van der Waals surface area (Å²) in [5.41, 5.74) is 7.62. The summed E-state index contributed by atoms with van der Waals surface area (Å²) in [7, 11) is 0. The number of carbonyl (C=O) groups excluding carboxylic acids is 3. The number of fused-ring (bicyclic) bond motifs is 1. The molecule has 36 heavy (non-hydrogen) atoms. The predicted molar refractivity (Wildman–Crippen MR) is 142 cm³/mol. The Hall–Kier alpha value is -3.05. The first-order chi connectivity index (χ1) is 16.9. The Morgan fingerprint density at radius 2 is 1.61 bits per heavy atom. The number of nitrogens with one attached hydrogen (secondary N) is 4. The molecular formula is C25H37N5O5S. The van der Waals surface area contributed by atoms with Crippen molar-refractivity contribution in [3.63, 3.8) is 0 Å². The van der Waals surface area contributed by atoms with Gasteiger partial charge < -0.3 is 31.8 Å². The second kappa shape index (κ2) is 13.3. The fourth-order valence-corrected chi connectivity index (χ4v) is 4.11. The van der Waals surface area contributed by atoms with Crippen molar-refractivity contribution in [1.82, 2.24) is 20.9 Å². The molecule has 10 nitrogen and oxygen atoms in total. The highest BCUT2D eigenvalue weighted by Gasteiger charge is 2.32. The van der Waals surface area contributed by atoms with Crippen LogP contribution in [0.3, 0.4) is 0 Å². The summed E-state index contributed by atoms with van der Waals surface area (Å²) >= 11 is 4.00. The molecule has 1 heterocycles. The minimum Gasteiger partial charge on any atom is -0.480 e. The molecule has 2 rings (SSSR count). The number of aromatic nitrogens is 1. The molecule has 1 aromatic heterocycles. The van der Waals surface area contributed by atoms with Crippen molar-refractivity contribution >= 4 is 47.2 Å². The number of para-hydroxylation sites is 1. The Labute approximate surface area is 216 Å². The van der Waals surface area contributed by atoms with Crippen LogP contribution in [0.4, 0.5) is 0 Å². The first kappa shape index (κ1) is 29.2. The van der Waals surface area contributed by atoms with Crippen LogP contribution < -0.4 is 21.7 Å². The first-order valence-electron chi connectivity index (χ1n) is 12.0. The number of carboxylic acid groups (broad SMARTS) is 1. The average molecular weight is 520 g/mol. The number of rotatable bonds is 13. The quantitative estimate of drug-likeness (QED) is 0.196. The number of hydrogen-bond acceptors (Lipinski definition) is 6. The molecule has 0 aliphatic carbocycles. The molecule has 1 aromatic carbocycles. The zero-order valence-electron chi connectivity index (χ0n) is 21.1. The molecule has 7 N–H and O–H groups in total. The van der Waals surface area contributed by atoms with Gasteiger partial charge >= 0.3 is 5.97 Å². The molecule has 3 amide bonds. The number of carbonyl (C=O) groups is 4. The number of amides is 3. The van der Waals surface area contributed by atoms with Gasteiger partial charge in [-0.05, 0) is 29.9 Å². The van der Waals surface area contributed by atoms with Crippen molar-refractivity contribution in [2.45, 2.75) is 64.7 Å². The average Bonchev–Trinajstić information content (AvgIpc) is 3.22. The number of aromatic amines is 1. The Morgan fingerprint density at radius 3 is 2.19 bits per heavy atom. The molecule has 2 aromatic rings. The second-order valence-corrected chi connectivity index (χ2v) is 10.0. The van der Waals surface area contributed by atoms with Crippen LogP contribution in [0.1, 0.15) is 39.7 Å². The number of aliphatic carboxylic acids is 1. The van der Waals surface area contributed by atoms with E-state index < -0.39 is 47.9 Å². The van der Waals surface area contributed by atoms with Crippen molar-refractivity contribution in [2.75, 3.05) is 5.75 Å². The van der Waals surface area contributed by atoms with Crippen LogP contribution in [0.15, 0.2) is 30.5 Å². The summed E-state index contributed by atoms with van der Waals surface area (Å²) < 4.78 is 0. The normalized spacial score (nSPS) is 14.8. The van der Waals surface area contributed by atoms with Gasteiger partial charge in [-0.2, -0.15) is 12.6 Å². The second-order valence-electron chi connectivity index (χ2n) is 9.67. The van der Waals surface area contributed by atoms with E-state index in [-0.39, 0.29) is 24.0 Å². The van der Waals surface area contributed by atoms with E-state index in [0.29, 0.717) is 6.42 Å². The summed E-state index contributed by atoms with van der Waals surface area (Å²) in [6, 6.07) is 3.49. The maximum absolute atomic E-state index is 13.3. The van der Waals surface area contributed by atoms with Crippen LogP contribution in [0.5, 0.6) is 0 Å². The summed E-state index contributed by atoms with van der Waals surface area (Å²) in [6.45, 7) is 7.44. The number of thiol groups is 1. The fourth-order valence-electron chi connectivity index (χ4n) is 3.86. The van der Waals surface area contributed by atoms with Gasteiger partial charge in [-0.15, -0.1) is 0 Å². The van der Waals surface area contributed by atoms with E-state index in [1.807, 2.05) is 38.1 Å². The maximum Gasteiger partial charge on any atom is 0.327 e. The number of hydrogen-bond donors (Lipinski definition) is 7. The van der Waals surface area contributed by atoms with E-state index >= 15 is 0 Å². The topological polar surface area (TPSA) is 166 Å². The highest BCUT2D eigenvalue weighted by Crippen LogP contribution is 2.19. The smallest absolute Gasteiger partial charge is 0.327 e. The molecule has 0 spiro atoms. The van der Waals surface area contributed by atoms with Crippen LogP contribution in [-0.2, 0) is 25.6 Å². The molecule has 0 saturated carbocycles. The van der Waals surface area contributed by atoms with Crippen LogP contribution >= 0.6 is 12.6 Å². The van der Waals surface area contributed by atoms with Gasteiger partial charge in [0.25, 0.3) is 0 Å². The molecule has 0 saturated heterocycles. The zero-order chi connectivity index (χ0) is 27.0. The Kier molecular flexibility index (Phi) is 10.8. The molecule has 4 unspecified atom stereocenters. The maximum atomic E-state index is 13.3. The highest BCUT2D eigenvalue weighted by atomic mass is 32.1. The van der Waals surface area contributed by atoms with Crippen molar-refractivity contribution in [3.8, 4) is 0 Å². The Morgan fingerprint density at radius 1 is 0.972 bits per heavy atom. The van der Waals surface area contributed by atoms with Gasteiger partial charge in [0.2, 0.25) is 17.7 Å². The minimum absolute atomic E-state index is 0.103. The van der Waals surface area contributed by atoms with Crippen molar-refractivity contribution in [2.24, 2.45) is 17.6 Å². The lowest BCUT2D eigenvalue weighted by Gasteiger charge is -2.27. The highest BCUT2D eigenvalue weighted by molar-refractivity contribution is 7.80. The molecule has 0 aliphatic heterocycles. The summed E-state index contributed by atoms with van der Waals surface area (Å²) in [5, 5.41) is 18.1. The lowest BCUT2D eigenvalue weighted by atomic mass is 9.99. The van der Waals surface area contributed by atoms with Gasteiger partial charge in [0, 0.05) is 29.3 Å². The molecule has 0 radical (unpaired) electrons. The fraction of sp³-hybridized carbons (Fsp3) is 0.520. The third kappa shape index (κ3) is 7.99. The summed E-state index contributed by atoms with van der Waals surface area (Å²) in [5.74, 6) is -3.12. The molecule has 4 atom stereocenters. The predicted octanol–water partition coefficient (Wildman–Crippen LogP) is 1.21. The van der Waals surface area contributed by atoms with E-state index in [1.54, 1.807) is 20.0 Å². The summed E-state index contributed by atoms with van der Waals surface area (Å²) in [6.07, 6.45) is 2.31. The number of H-pyrrole nitrogens is 1. The van der Waals surface area contributed by atoms with Gasteiger partial charge in [0.1, 0.15) is 18.1 Å². The van der Waals surface area contributed by atoms with Crippen molar-refractivity contribution in [1.29, 1.82) is 0 Å². The van der Waals surface area contributed by atoms with E-state index in [9.17, 15) is 24.3 Å². The minimum atomic E-state index is -1.23. The van der Waals surface area contributed by atoms with Crippen LogP contribution in [0.2, 0.25) is 0 Å². The zero-order valence-corrected chi connectivity index (χ0v) is 22.0. The third-order valence-corrected chi connectivity index (χ3v) is 6.20. The van der Waals surface area contributed by atoms with Crippen LogP contribution in [0.25, 0.3) is 10.9 Å². The molecule has 11 heteroatoms. The van der Waals surface area contributed by atoms with E-state index in [0.717, 1.165) is 16.5 Å². The largest absolute Gasteiger partial charge is 0.480 e. The molecule has 0 aliphatic rings. The Balaban J connectivity index is 2.27. The Bertz CT molecular complexity index is 1070. The molecule has 0 fully saturated rings. The number of benzene rings is 1. The van der Waals surface area contributed by atoms with Gasteiger partial charge in [-0.1, -0.05) is 45.9 Å². The van der Waals surface area contributed by atoms with Crippen molar-refractivity contribution < 1.29 is 24.3 Å². The van der Waals surface area contributed by atoms with Gasteiger partial charge in [-0.25, -0.2) is 4.79 Å². The molecule has 0 bridgehead atoms. The molecule has 198 valence electrons. The van der Waals surface area contributed by atoms with Gasteiger partial charge in [0.05, 0.1) is 6.04 Å². The standard InChI is InChI=1S/C25H37N5O5S/c1-13(2)9-17(26)22(31)30-21(14(3)4)24(33)28-19(23(32)29-20(12-36)25(34)35)10-15-11-27-18-8-6-5-7-16(15)18/h5-8,11,13-14,17,19-21,27,36H,9-10,12,26H2,1-4H3,(H,28,33)(H,29,32)(H,30,31)(H,34,35). The first-order valence-corrected chi connectivity index (χ1v) is 12.6. The number of nitrogens with two attached hydrogens (primary N) is 1. The van der Waals surface area contributed by atoms with Gasteiger partial charge in [0.15, 0.2) is 0 Å². The van der Waals surface area contributed by atoms with E-state index in [2.05, 4.69) is 33.6 Å². The summed E-state index contributed by atoms with van der Waals surface area (Å²) in [4.78, 5) is 53.6. The van der Waals surface area contributed by atoms with Crippen molar-refractivity contribution in [3.05, 3.63) is 36.0 Å². The number of carboxylic acids is 1. The molecular weight excluding hydrogens is 482 g/mol. The monoisotopic (exact) mass is 519 g/mol. The van der Waals surface area contributed by atoms with E-state index in [1.165, 1.54) is 0 Å². The van der Waals surface area contributed by atoms with E-state index in [4.69, 9.17) is 5.73 Å².